The Balaban J connectivity index is 1.83. The average molecular weight is 451 g/mol. The van der Waals surface area contributed by atoms with Gasteiger partial charge in [-0.15, -0.1) is 0 Å². The lowest BCUT2D eigenvalue weighted by Gasteiger charge is -2.14. The fourth-order valence-corrected chi connectivity index (χ4v) is 3.84. The summed E-state index contributed by atoms with van der Waals surface area (Å²) in [6.45, 7) is 0. The number of amides is 1. The summed E-state index contributed by atoms with van der Waals surface area (Å²) >= 11 is 0. The molecule has 0 spiro atoms. The van der Waals surface area contributed by atoms with E-state index >= 15 is 0 Å². The van der Waals surface area contributed by atoms with Gasteiger partial charge >= 0.3 is 12.4 Å². The Hall–Kier alpha value is -2.96. The van der Waals surface area contributed by atoms with E-state index in [1.165, 1.54) is 6.07 Å². The number of carbonyl (C=O) groups excluding carboxylic acids is 1. The summed E-state index contributed by atoms with van der Waals surface area (Å²) in [5.74, 6) is -1.58. The van der Waals surface area contributed by atoms with Gasteiger partial charge in [-0.25, -0.2) is 18.4 Å². The predicted molar refractivity (Wildman–Crippen MR) is 92.3 cm³/mol. The van der Waals surface area contributed by atoms with E-state index in [1.807, 2.05) is 0 Å². The highest BCUT2D eigenvalue weighted by molar-refractivity contribution is 7.92. The first-order chi connectivity index (χ1) is 13.8. The lowest BCUT2D eigenvalue weighted by molar-refractivity contribution is -0.138. The van der Waals surface area contributed by atoms with Crippen LogP contribution in [-0.4, -0.2) is 30.8 Å². The van der Waals surface area contributed by atoms with Crippen molar-refractivity contribution in [3.05, 3.63) is 53.7 Å². The van der Waals surface area contributed by atoms with Crippen LogP contribution in [0.2, 0.25) is 0 Å². The number of rotatable bonds is 4. The van der Waals surface area contributed by atoms with Crippen LogP contribution in [0.4, 0.5) is 32.0 Å². The fourth-order valence-electron chi connectivity index (χ4n) is 2.60. The molecule has 1 amide bonds. The van der Waals surface area contributed by atoms with Crippen LogP contribution in [0.15, 0.2) is 52.7 Å². The number of carbonyl (C=O) groups is 1. The number of sulfone groups is 1. The summed E-state index contributed by atoms with van der Waals surface area (Å²) in [6.07, 6.45) is -9.45. The van der Waals surface area contributed by atoms with Crippen LogP contribution < -0.4 is 5.01 Å². The summed E-state index contributed by atoms with van der Waals surface area (Å²) in [7, 11) is -4.23. The molecular formula is C17H11F6N3O3S. The van der Waals surface area contributed by atoms with E-state index in [9.17, 15) is 39.6 Å². The van der Waals surface area contributed by atoms with E-state index in [0.29, 0.717) is 29.4 Å². The molecule has 1 aliphatic heterocycles. The van der Waals surface area contributed by atoms with Crippen LogP contribution >= 0.6 is 0 Å². The van der Waals surface area contributed by atoms with E-state index in [0.717, 1.165) is 12.1 Å². The molecule has 0 fully saturated rings. The third-order valence-corrected chi connectivity index (χ3v) is 5.58. The van der Waals surface area contributed by atoms with Gasteiger partial charge < -0.3 is 0 Å². The number of hydrazone groups is 1. The minimum Gasteiger partial charge on any atom is -0.272 e. The van der Waals surface area contributed by atoms with Crippen molar-refractivity contribution in [2.45, 2.75) is 23.8 Å². The first-order valence-corrected chi connectivity index (χ1v) is 9.75. The summed E-state index contributed by atoms with van der Waals surface area (Å²) < 4.78 is 101. The second-order valence-electron chi connectivity index (χ2n) is 6.24. The molecule has 160 valence electrons. The van der Waals surface area contributed by atoms with Gasteiger partial charge in [0.25, 0.3) is 5.91 Å². The SMILES string of the molecule is O=C1CC(CS(=O)(=O)c2ccc(C(F)(F)F)cn2)=NN1c1cccc(C(F)(F)F)c1. The molecule has 0 N–H and O–H groups in total. The summed E-state index contributed by atoms with van der Waals surface area (Å²) in [6, 6.07) is 5.00. The van der Waals surface area contributed by atoms with E-state index in [-0.39, 0.29) is 11.4 Å². The topological polar surface area (TPSA) is 79.7 Å². The van der Waals surface area contributed by atoms with Gasteiger partial charge in [0.15, 0.2) is 5.03 Å². The quantitative estimate of drug-likeness (QED) is 0.665. The Morgan fingerprint density at radius 3 is 2.20 bits per heavy atom. The first kappa shape index (κ1) is 21.7. The molecule has 0 aliphatic carbocycles. The number of halogens is 6. The average Bonchev–Trinajstić information content (AvgIpc) is 3.00. The van der Waals surface area contributed by atoms with Gasteiger partial charge in [0.05, 0.1) is 34.7 Å². The van der Waals surface area contributed by atoms with Gasteiger partial charge in [0.1, 0.15) is 0 Å². The Morgan fingerprint density at radius 1 is 0.967 bits per heavy atom. The van der Waals surface area contributed by atoms with Crippen LogP contribution in [0.1, 0.15) is 17.5 Å². The smallest absolute Gasteiger partial charge is 0.272 e. The lowest BCUT2D eigenvalue weighted by atomic mass is 10.2. The second kappa shape index (κ2) is 7.38. The molecule has 0 saturated carbocycles. The van der Waals surface area contributed by atoms with Gasteiger partial charge in [-0.05, 0) is 30.3 Å². The van der Waals surface area contributed by atoms with Gasteiger partial charge in [0, 0.05) is 6.20 Å². The molecule has 1 aromatic carbocycles. The van der Waals surface area contributed by atoms with Crippen molar-refractivity contribution in [2.24, 2.45) is 5.10 Å². The molecule has 13 heteroatoms. The first-order valence-electron chi connectivity index (χ1n) is 8.10. The molecule has 1 aromatic heterocycles. The lowest BCUT2D eigenvalue weighted by Crippen LogP contribution is -2.20. The predicted octanol–water partition coefficient (Wildman–Crippen LogP) is 3.69. The minimum absolute atomic E-state index is 0.181. The van der Waals surface area contributed by atoms with Gasteiger partial charge in [-0.3, -0.25) is 4.79 Å². The standard InChI is InChI=1S/C17H11F6N3O3S/c18-16(19,20)10-2-1-3-13(6-10)26-15(27)7-12(25-26)9-30(28,29)14-5-4-11(8-24-14)17(21,22)23/h1-6,8H,7,9H2. The fraction of sp³-hybridized carbons (Fsp3) is 0.235. The maximum Gasteiger partial charge on any atom is 0.417 e. The zero-order valence-electron chi connectivity index (χ0n) is 14.7. The zero-order chi connectivity index (χ0) is 22.3. The van der Waals surface area contributed by atoms with E-state index in [2.05, 4.69) is 10.1 Å². The molecule has 1 aliphatic rings. The van der Waals surface area contributed by atoms with Crippen LogP contribution in [0.25, 0.3) is 0 Å². The Bertz CT molecular complexity index is 1110. The van der Waals surface area contributed by atoms with Crippen LogP contribution in [0, 0.1) is 0 Å². The van der Waals surface area contributed by atoms with Crippen molar-refractivity contribution in [1.82, 2.24) is 4.98 Å². The number of hydrogen-bond donors (Lipinski definition) is 0. The van der Waals surface area contributed by atoms with Gasteiger partial charge in [-0.2, -0.15) is 31.4 Å². The monoisotopic (exact) mass is 451 g/mol. The molecule has 3 rings (SSSR count). The highest BCUT2D eigenvalue weighted by atomic mass is 32.2. The highest BCUT2D eigenvalue weighted by Gasteiger charge is 2.34. The summed E-state index contributed by atoms with van der Waals surface area (Å²) in [5, 5.41) is 3.78. The number of alkyl halides is 6. The van der Waals surface area contributed by atoms with Crippen molar-refractivity contribution >= 4 is 27.1 Å². The van der Waals surface area contributed by atoms with Crippen molar-refractivity contribution < 1.29 is 39.6 Å². The zero-order valence-corrected chi connectivity index (χ0v) is 15.5. The molecule has 0 radical (unpaired) electrons. The van der Waals surface area contributed by atoms with Crippen molar-refractivity contribution in [3.8, 4) is 0 Å². The largest absolute Gasteiger partial charge is 0.417 e. The molecule has 6 nitrogen and oxygen atoms in total. The molecule has 0 saturated heterocycles. The number of benzene rings is 1. The van der Waals surface area contributed by atoms with Gasteiger partial charge in [-0.1, -0.05) is 6.07 Å². The van der Waals surface area contributed by atoms with Crippen molar-refractivity contribution in [3.63, 3.8) is 0 Å². The normalized spacial score (nSPS) is 15.5. The number of anilines is 1. The molecule has 30 heavy (non-hydrogen) atoms. The van der Waals surface area contributed by atoms with E-state index in [4.69, 9.17) is 0 Å². The van der Waals surface area contributed by atoms with E-state index < -0.39 is 56.4 Å². The van der Waals surface area contributed by atoms with E-state index in [1.54, 1.807) is 0 Å². The number of aromatic nitrogens is 1. The molecule has 0 bridgehead atoms. The minimum atomic E-state index is -4.69. The maximum atomic E-state index is 12.8. The molecule has 0 unspecified atom stereocenters. The van der Waals surface area contributed by atoms with Crippen molar-refractivity contribution in [1.29, 1.82) is 0 Å². The Morgan fingerprint density at radius 2 is 1.63 bits per heavy atom. The molecule has 0 atom stereocenters. The number of pyridine rings is 1. The third kappa shape index (κ3) is 4.61. The van der Waals surface area contributed by atoms with Crippen LogP contribution in [0.5, 0.6) is 0 Å². The van der Waals surface area contributed by atoms with Crippen molar-refractivity contribution in [2.75, 3.05) is 10.8 Å². The maximum absolute atomic E-state index is 12.8. The highest BCUT2D eigenvalue weighted by Crippen LogP contribution is 2.33. The number of nitrogens with zero attached hydrogens (tertiary/aromatic N) is 3. The second-order valence-corrected chi connectivity index (χ2v) is 8.18. The summed E-state index contributed by atoms with van der Waals surface area (Å²) in [4.78, 5) is 15.4. The van der Waals surface area contributed by atoms with Crippen LogP contribution in [0.3, 0.4) is 0 Å². The third-order valence-electron chi connectivity index (χ3n) is 3.99. The Labute approximate surface area is 165 Å². The summed E-state index contributed by atoms with van der Waals surface area (Å²) in [5.41, 5.74) is -2.53. The molecule has 2 heterocycles. The molecular weight excluding hydrogens is 440 g/mol. The Kier molecular flexibility index (Phi) is 5.35. The number of hydrogen-bond acceptors (Lipinski definition) is 5. The van der Waals surface area contributed by atoms with Gasteiger partial charge in [0.2, 0.25) is 9.84 Å². The van der Waals surface area contributed by atoms with Crippen LogP contribution in [-0.2, 0) is 27.0 Å². The molecule has 2 aromatic rings.